The number of carbonyl (C=O) groups is 2. The summed E-state index contributed by atoms with van der Waals surface area (Å²) >= 11 is 0. The number of urea groups is 1. The lowest BCUT2D eigenvalue weighted by Crippen LogP contribution is -2.36. The molecule has 0 heterocycles. The highest BCUT2D eigenvalue weighted by atomic mass is 16.5. The molecule has 0 saturated carbocycles. The molecule has 6 heteroatoms. The van der Waals surface area contributed by atoms with Crippen molar-refractivity contribution in [1.29, 1.82) is 0 Å². The Bertz CT molecular complexity index is 685. The van der Waals surface area contributed by atoms with E-state index in [1.54, 1.807) is 7.11 Å². The second kappa shape index (κ2) is 7.31. The topological polar surface area (TPSA) is 87.7 Å². The van der Waals surface area contributed by atoms with Crippen molar-refractivity contribution in [3.8, 4) is 5.75 Å². The van der Waals surface area contributed by atoms with Gasteiger partial charge in [-0.25, -0.2) is 4.79 Å². The van der Waals surface area contributed by atoms with Crippen LogP contribution < -0.4 is 15.4 Å². The van der Waals surface area contributed by atoms with Gasteiger partial charge in [0.05, 0.1) is 13.5 Å². The van der Waals surface area contributed by atoms with Gasteiger partial charge >= 0.3 is 12.0 Å². The number of carbonyl (C=O) groups excluding carboxylic acids is 1. The van der Waals surface area contributed by atoms with E-state index in [0.717, 1.165) is 16.3 Å². The van der Waals surface area contributed by atoms with Crippen LogP contribution in [0.5, 0.6) is 5.75 Å². The van der Waals surface area contributed by atoms with E-state index in [4.69, 9.17) is 9.84 Å². The largest absolute Gasteiger partial charge is 0.496 e. The molecule has 2 amide bonds. The Kier molecular flexibility index (Phi) is 5.19. The molecule has 0 fully saturated rings. The van der Waals surface area contributed by atoms with Gasteiger partial charge in [-0.3, -0.25) is 4.79 Å². The van der Waals surface area contributed by atoms with Crippen molar-refractivity contribution in [1.82, 2.24) is 10.6 Å². The van der Waals surface area contributed by atoms with Gasteiger partial charge in [0, 0.05) is 18.7 Å². The lowest BCUT2D eigenvalue weighted by atomic mass is 10.0. The van der Waals surface area contributed by atoms with Gasteiger partial charge in [-0.1, -0.05) is 30.3 Å². The average Bonchev–Trinajstić information content (AvgIpc) is 2.52. The smallest absolute Gasteiger partial charge is 0.315 e. The van der Waals surface area contributed by atoms with Crippen molar-refractivity contribution < 1.29 is 19.4 Å². The molecule has 22 heavy (non-hydrogen) atoms. The number of aliphatic carboxylic acids is 1. The summed E-state index contributed by atoms with van der Waals surface area (Å²) in [4.78, 5) is 22.1. The Hall–Kier alpha value is -2.76. The fourth-order valence-electron chi connectivity index (χ4n) is 2.20. The normalized spacial score (nSPS) is 10.2. The highest BCUT2D eigenvalue weighted by Gasteiger charge is 2.09. The molecular formula is C16H18N2O4. The summed E-state index contributed by atoms with van der Waals surface area (Å²) in [7, 11) is 1.58. The first-order valence-corrected chi connectivity index (χ1v) is 6.90. The zero-order valence-corrected chi connectivity index (χ0v) is 12.3. The maximum atomic E-state index is 11.7. The van der Waals surface area contributed by atoms with E-state index in [2.05, 4.69) is 10.6 Å². The Morgan fingerprint density at radius 3 is 2.64 bits per heavy atom. The minimum absolute atomic E-state index is 0.0911. The maximum absolute atomic E-state index is 11.7. The first kappa shape index (κ1) is 15.6. The van der Waals surface area contributed by atoms with Crippen LogP contribution in [0.25, 0.3) is 10.8 Å². The second-order valence-electron chi connectivity index (χ2n) is 4.72. The molecule has 0 aliphatic carbocycles. The third-order valence-corrected chi connectivity index (χ3v) is 3.27. The SMILES string of the molecule is COc1ccc2ccccc2c1CNC(=O)NCCC(=O)O. The Morgan fingerprint density at radius 1 is 1.14 bits per heavy atom. The molecule has 0 unspecified atom stereocenters. The number of hydrogen-bond donors (Lipinski definition) is 3. The molecule has 0 aliphatic heterocycles. The van der Waals surface area contributed by atoms with Crippen molar-refractivity contribution in [2.45, 2.75) is 13.0 Å². The van der Waals surface area contributed by atoms with E-state index < -0.39 is 12.0 Å². The summed E-state index contributed by atoms with van der Waals surface area (Å²) in [6, 6.07) is 11.3. The second-order valence-corrected chi connectivity index (χ2v) is 4.72. The zero-order valence-electron chi connectivity index (χ0n) is 12.3. The standard InChI is InChI=1S/C16H18N2O4/c1-22-14-7-6-11-4-2-3-5-12(11)13(14)10-18-16(21)17-9-8-15(19)20/h2-7H,8-10H2,1H3,(H,19,20)(H2,17,18,21). The number of methoxy groups -OCH3 is 1. The number of hydrogen-bond acceptors (Lipinski definition) is 3. The van der Waals surface area contributed by atoms with Gasteiger partial charge in [0.15, 0.2) is 0 Å². The first-order valence-electron chi connectivity index (χ1n) is 6.90. The zero-order chi connectivity index (χ0) is 15.9. The van der Waals surface area contributed by atoms with E-state index in [0.29, 0.717) is 12.3 Å². The van der Waals surface area contributed by atoms with Crippen LogP contribution >= 0.6 is 0 Å². The molecule has 0 atom stereocenters. The van der Waals surface area contributed by atoms with Gasteiger partial charge in [0.25, 0.3) is 0 Å². The van der Waals surface area contributed by atoms with Crippen LogP contribution in [0, 0.1) is 0 Å². The van der Waals surface area contributed by atoms with E-state index in [1.807, 2.05) is 36.4 Å². The molecule has 3 N–H and O–H groups in total. The van der Waals surface area contributed by atoms with Crippen molar-refractivity contribution in [2.24, 2.45) is 0 Å². The molecule has 0 radical (unpaired) electrons. The van der Waals surface area contributed by atoms with E-state index in [9.17, 15) is 9.59 Å². The lowest BCUT2D eigenvalue weighted by molar-refractivity contribution is -0.136. The number of amides is 2. The van der Waals surface area contributed by atoms with Crippen molar-refractivity contribution in [3.63, 3.8) is 0 Å². The monoisotopic (exact) mass is 302 g/mol. The van der Waals surface area contributed by atoms with E-state index in [1.165, 1.54) is 0 Å². The molecule has 0 aliphatic rings. The Morgan fingerprint density at radius 2 is 1.91 bits per heavy atom. The van der Waals surface area contributed by atoms with Crippen molar-refractivity contribution >= 4 is 22.8 Å². The predicted octanol–water partition coefficient (Wildman–Crippen LogP) is 2.12. The molecule has 0 saturated heterocycles. The van der Waals surface area contributed by atoms with Crippen LogP contribution in [0.15, 0.2) is 36.4 Å². The number of carboxylic acid groups (broad SMARTS) is 1. The number of nitrogens with one attached hydrogen (secondary N) is 2. The van der Waals surface area contributed by atoms with Crippen molar-refractivity contribution in [3.05, 3.63) is 42.0 Å². The Labute approximate surface area is 128 Å². The van der Waals surface area contributed by atoms with E-state index >= 15 is 0 Å². The van der Waals surface area contributed by atoms with Crippen LogP contribution in [0.3, 0.4) is 0 Å². The average molecular weight is 302 g/mol. The van der Waals surface area contributed by atoms with Crippen LogP contribution in [0.1, 0.15) is 12.0 Å². The summed E-state index contributed by atoms with van der Waals surface area (Å²) in [5.41, 5.74) is 0.883. The van der Waals surface area contributed by atoms with Gasteiger partial charge in [0.2, 0.25) is 0 Å². The number of fused-ring (bicyclic) bond motifs is 1. The molecular weight excluding hydrogens is 284 g/mol. The van der Waals surface area contributed by atoms with Crippen LogP contribution in [0.4, 0.5) is 4.79 Å². The summed E-state index contributed by atoms with van der Waals surface area (Å²) in [6.45, 7) is 0.386. The predicted molar refractivity (Wildman–Crippen MR) is 83.0 cm³/mol. The Balaban J connectivity index is 2.07. The van der Waals surface area contributed by atoms with Gasteiger partial charge in [-0.05, 0) is 16.8 Å². The summed E-state index contributed by atoms with van der Waals surface area (Å²) in [5, 5.41) is 15.8. The quantitative estimate of drug-likeness (QED) is 0.762. The molecule has 6 nitrogen and oxygen atoms in total. The highest BCUT2D eigenvalue weighted by molar-refractivity contribution is 5.88. The molecule has 2 aromatic carbocycles. The molecule has 0 aromatic heterocycles. The minimum Gasteiger partial charge on any atom is -0.496 e. The minimum atomic E-state index is -0.948. The van der Waals surface area contributed by atoms with Gasteiger partial charge in [-0.2, -0.15) is 0 Å². The lowest BCUT2D eigenvalue weighted by Gasteiger charge is -2.13. The molecule has 0 bridgehead atoms. The fourth-order valence-corrected chi connectivity index (χ4v) is 2.20. The van der Waals surface area contributed by atoms with Crippen molar-refractivity contribution in [2.75, 3.05) is 13.7 Å². The van der Waals surface area contributed by atoms with Crippen LogP contribution in [-0.4, -0.2) is 30.8 Å². The molecule has 2 rings (SSSR count). The summed E-state index contributed by atoms with van der Waals surface area (Å²) in [5.74, 6) is -0.249. The van der Waals surface area contributed by atoms with E-state index in [-0.39, 0.29) is 13.0 Å². The third-order valence-electron chi connectivity index (χ3n) is 3.27. The van der Waals surface area contributed by atoms with Gasteiger partial charge < -0.3 is 20.5 Å². The number of benzene rings is 2. The number of rotatable bonds is 6. The van der Waals surface area contributed by atoms with Gasteiger partial charge in [-0.15, -0.1) is 0 Å². The number of carboxylic acids is 1. The molecule has 2 aromatic rings. The summed E-state index contributed by atoms with van der Waals surface area (Å²) < 4.78 is 5.35. The number of ether oxygens (including phenoxy) is 1. The van der Waals surface area contributed by atoms with Crippen LogP contribution in [0.2, 0.25) is 0 Å². The third kappa shape index (κ3) is 3.88. The van der Waals surface area contributed by atoms with Gasteiger partial charge in [0.1, 0.15) is 5.75 Å². The first-order chi connectivity index (χ1) is 10.6. The molecule has 0 spiro atoms. The maximum Gasteiger partial charge on any atom is 0.315 e. The fraction of sp³-hybridized carbons (Fsp3) is 0.250. The molecule has 116 valence electrons. The van der Waals surface area contributed by atoms with Crippen LogP contribution in [-0.2, 0) is 11.3 Å². The summed E-state index contributed by atoms with van der Waals surface area (Å²) in [6.07, 6.45) is -0.106. The highest BCUT2D eigenvalue weighted by Crippen LogP contribution is 2.27.